The van der Waals surface area contributed by atoms with E-state index in [1.165, 1.54) is 0 Å². The molecule has 0 saturated carbocycles. The number of carbonyl (C=O) groups excluding carboxylic acids is 1. The Morgan fingerprint density at radius 1 is 1.35 bits per heavy atom. The number of amides is 1. The average Bonchev–Trinajstić information content (AvgIpc) is 3.18. The van der Waals surface area contributed by atoms with Crippen molar-refractivity contribution in [2.75, 3.05) is 19.6 Å². The van der Waals surface area contributed by atoms with Gasteiger partial charge >= 0.3 is 0 Å². The standard InChI is InChI=1S/C15H18N4O/c16-9-12-5-7-18(10-12)15(20)13-1-3-14(4-2-13)19-8-6-17-11-19/h1-4,6,8,11-12H,5,7,9-10,16H2/t12-/m1/s1. The molecule has 2 heterocycles. The van der Waals surface area contributed by atoms with Crippen LogP contribution in [0.1, 0.15) is 16.8 Å². The first kappa shape index (κ1) is 12.9. The molecule has 1 aromatic heterocycles. The van der Waals surface area contributed by atoms with E-state index in [4.69, 9.17) is 5.73 Å². The van der Waals surface area contributed by atoms with E-state index in [1.807, 2.05) is 39.9 Å². The van der Waals surface area contributed by atoms with Gasteiger partial charge in [0.15, 0.2) is 0 Å². The zero-order valence-electron chi connectivity index (χ0n) is 11.3. The van der Waals surface area contributed by atoms with Crippen molar-refractivity contribution in [1.29, 1.82) is 0 Å². The summed E-state index contributed by atoms with van der Waals surface area (Å²) in [6.07, 6.45) is 6.36. The number of likely N-dealkylation sites (tertiary alicyclic amines) is 1. The van der Waals surface area contributed by atoms with Gasteiger partial charge in [-0.25, -0.2) is 4.98 Å². The maximum Gasteiger partial charge on any atom is 0.253 e. The van der Waals surface area contributed by atoms with Crippen molar-refractivity contribution in [3.63, 3.8) is 0 Å². The van der Waals surface area contributed by atoms with E-state index in [-0.39, 0.29) is 5.91 Å². The molecular formula is C15H18N4O. The first-order valence-electron chi connectivity index (χ1n) is 6.85. The molecule has 0 radical (unpaired) electrons. The zero-order valence-corrected chi connectivity index (χ0v) is 11.3. The number of nitrogens with zero attached hydrogens (tertiary/aromatic N) is 3. The van der Waals surface area contributed by atoms with E-state index in [2.05, 4.69) is 4.98 Å². The van der Waals surface area contributed by atoms with Gasteiger partial charge in [0.05, 0.1) is 6.33 Å². The number of nitrogens with two attached hydrogens (primary N) is 1. The molecule has 1 atom stereocenters. The van der Waals surface area contributed by atoms with Crippen LogP contribution in [0.2, 0.25) is 0 Å². The maximum atomic E-state index is 12.4. The highest BCUT2D eigenvalue weighted by Gasteiger charge is 2.25. The number of hydrogen-bond donors (Lipinski definition) is 1. The Hall–Kier alpha value is -2.14. The number of aromatic nitrogens is 2. The minimum absolute atomic E-state index is 0.0955. The second-order valence-electron chi connectivity index (χ2n) is 5.16. The highest BCUT2D eigenvalue weighted by molar-refractivity contribution is 5.94. The molecule has 1 aliphatic rings. The van der Waals surface area contributed by atoms with E-state index in [1.54, 1.807) is 12.5 Å². The third-order valence-corrected chi connectivity index (χ3v) is 3.82. The normalized spacial score (nSPS) is 18.4. The summed E-state index contributed by atoms with van der Waals surface area (Å²) in [6.45, 7) is 2.24. The quantitative estimate of drug-likeness (QED) is 0.914. The minimum atomic E-state index is 0.0955. The van der Waals surface area contributed by atoms with Crippen LogP contribution < -0.4 is 5.73 Å². The lowest BCUT2D eigenvalue weighted by atomic mass is 10.1. The Morgan fingerprint density at radius 3 is 2.75 bits per heavy atom. The van der Waals surface area contributed by atoms with Crippen LogP contribution in [0.25, 0.3) is 5.69 Å². The molecule has 5 heteroatoms. The molecule has 0 unspecified atom stereocenters. The topological polar surface area (TPSA) is 64.2 Å². The van der Waals surface area contributed by atoms with Gasteiger partial charge in [-0.3, -0.25) is 4.79 Å². The molecule has 1 aromatic carbocycles. The zero-order chi connectivity index (χ0) is 13.9. The maximum absolute atomic E-state index is 12.4. The van der Waals surface area contributed by atoms with Crippen molar-refractivity contribution in [3.8, 4) is 5.69 Å². The molecule has 1 amide bonds. The summed E-state index contributed by atoms with van der Waals surface area (Å²) >= 11 is 0. The number of rotatable bonds is 3. The lowest BCUT2D eigenvalue weighted by molar-refractivity contribution is 0.0787. The largest absolute Gasteiger partial charge is 0.338 e. The van der Waals surface area contributed by atoms with Crippen LogP contribution in [0.4, 0.5) is 0 Å². The number of carbonyl (C=O) groups is 1. The third kappa shape index (κ3) is 2.44. The summed E-state index contributed by atoms with van der Waals surface area (Å²) in [5.41, 5.74) is 7.39. The molecule has 2 aromatic rings. The van der Waals surface area contributed by atoms with Gasteiger partial charge in [-0.1, -0.05) is 0 Å². The molecule has 0 spiro atoms. The van der Waals surface area contributed by atoms with E-state index >= 15 is 0 Å². The summed E-state index contributed by atoms with van der Waals surface area (Å²) in [6, 6.07) is 7.61. The molecule has 1 fully saturated rings. The summed E-state index contributed by atoms with van der Waals surface area (Å²) in [5, 5.41) is 0. The molecule has 20 heavy (non-hydrogen) atoms. The second kappa shape index (κ2) is 5.46. The number of benzene rings is 1. The number of hydrogen-bond acceptors (Lipinski definition) is 3. The van der Waals surface area contributed by atoms with Crippen LogP contribution in [-0.4, -0.2) is 40.0 Å². The predicted molar refractivity (Wildman–Crippen MR) is 76.6 cm³/mol. The van der Waals surface area contributed by atoms with Crippen LogP contribution in [-0.2, 0) is 0 Å². The van der Waals surface area contributed by atoms with Gasteiger partial charge in [0.25, 0.3) is 5.91 Å². The Labute approximate surface area is 118 Å². The summed E-state index contributed by atoms with van der Waals surface area (Å²) in [7, 11) is 0. The monoisotopic (exact) mass is 270 g/mol. The first-order chi connectivity index (χ1) is 9.78. The molecule has 1 aliphatic heterocycles. The minimum Gasteiger partial charge on any atom is -0.338 e. The summed E-state index contributed by atoms with van der Waals surface area (Å²) in [4.78, 5) is 18.3. The van der Waals surface area contributed by atoms with Gasteiger partial charge in [-0.15, -0.1) is 0 Å². The van der Waals surface area contributed by atoms with Gasteiger partial charge in [0.1, 0.15) is 0 Å². The molecule has 0 bridgehead atoms. The van der Waals surface area contributed by atoms with Gasteiger partial charge in [0, 0.05) is 36.7 Å². The van der Waals surface area contributed by atoms with Gasteiger partial charge in [-0.2, -0.15) is 0 Å². The van der Waals surface area contributed by atoms with Crippen LogP contribution >= 0.6 is 0 Å². The second-order valence-corrected chi connectivity index (χ2v) is 5.16. The van der Waals surface area contributed by atoms with Crippen molar-refractivity contribution in [3.05, 3.63) is 48.5 Å². The SMILES string of the molecule is NC[C@H]1CCN(C(=O)c2ccc(-n3ccnc3)cc2)C1. The fourth-order valence-corrected chi connectivity index (χ4v) is 2.58. The third-order valence-electron chi connectivity index (χ3n) is 3.82. The van der Waals surface area contributed by atoms with E-state index < -0.39 is 0 Å². The fraction of sp³-hybridized carbons (Fsp3) is 0.333. The van der Waals surface area contributed by atoms with Crippen molar-refractivity contribution >= 4 is 5.91 Å². The van der Waals surface area contributed by atoms with Crippen LogP contribution in [0.5, 0.6) is 0 Å². The molecule has 5 nitrogen and oxygen atoms in total. The van der Waals surface area contributed by atoms with Gasteiger partial charge in [0.2, 0.25) is 0 Å². The molecule has 3 rings (SSSR count). The Morgan fingerprint density at radius 2 is 2.15 bits per heavy atom. The molecule has 2 N–H and O–H groups in total. The fourth-order valence-electron chi connectivity index (χ4n) is 2.58. The van der Waals surface area contributed by atoms with Crippen LogP contribution in [0, 0.1) is 5.92 Å². The summed E-state index contributed by atoms with van der Waals surface area (Å²) < 4.78 is 1.91. The Kier molecular flexibility index (Phi) is 3.52. The Balaban J connectivity index is 1.73. The lowest BCUT2D eigenvalue weighted by Gasteiger charge is -2.16. The predicted octanol–water partition coefficient (Wildman–Crippen LogP) is 1.29. The van der Waals surface area contributed by atoms with E-state index in [9.17, 15) is 4.79 Å². The van der Waals surface area contributed by atoms with Crippen molar-refractivity contribution < 1.29 is 4.79 Å². The van der Waals surface area contributed by atoms with Crippen molar-refractivity contribution in [1.82, 2.24) is 14.5 Å². The Bertz CT molecular complexity index is 576. The van der Waals surface area contributed by atoms with Gasteiger partial charge < -0.3 is 15.2 Å². The highest BCUT2D eigenvalue weighted by Crippen LogP contribution is 2.18. The molecule has 1 saturated heterocycles. The van der Waals surface area contributed by atoms with Crippen LogP contribution in [0.3, 0.4) is 0 Å². The van der Waals surface area contributed by atoms with Gasteiger partial charge in [-0.05, 0) is 43.1 Å². The number of imidazole rings is 1. The molecule has 104 valence electrons. The molecule has 0 aliphatic carbocycles. The average molecular weight is 270 g/mol. The van der Waals surface area contributed by atoms with E-state index in [0.717, 1.165) is 30.8 Å². The highest BCUT2D eigenvalue weighted by atomic mass is 16.2. The van der Waals surface area contributed by atoms with E-state index in [0.29, 0.717) is 12.5 Å². The van der Waals surface area contributed by atoms with Crippen molar-refractivity contribution in [2.24, 2.45) is 11.7 Å². The van der Waals surface area contributed by atoms with Crippen LogP contribution in [0.15, 0.2) is 43.0 Å². The smallest absolute Gasteiger partial charge is 0.253 e. The van der Waals surface area contributed by atoms with Crippen molar-refractivity contribution in [2.45, 2.75) is 6.42 Å². The molecular weight excluding hydrogens is 252 g/mol. The first-order valence-corrected chi connectivity index (χ1v) is 6.85. The summed E-state index contributed by atoms with van der Waals surface area (Å²) in [5.74, 6) is 0.544. The lowest BCUT2D eigenvalue weighted by Crippen LogP contribution is -2.29.